The van der Waals surface area contributed by atoms with Gasteiger partial charge in [-0.05, 0) is 19.8 Å². The number of rotatable bonds is 9. The summed E-state index contributed by atoms with van der Waals surface area (Å²) in [6, 6.07) is 0. The van der Waals surface area contributed by atoms with Crippen LogP contribution in [-0.4, -0.2) is 42.5 Å². The first-order valence-corrected chi connectivity index (χ1v) is 9.17. The van der Waals surface area contributed by atoms with E-state index in [0.717, 1.165) is 12.8 Å². The fourth-order valence-corrected chi connectivity index (χ4v) is 2.96. The largest absolute Gasteiger partial charge is 0.354 e. The lowest BCUT2D eigenvalue weighted by atomic mass is 9.94. The van der Waals surface area contributed by atoms with E-state index in [2.05, 4.69) is 15.0 Å². The third-order valence-corrected chi connectivity index (χ3v) is 5.38. The number of hydrogen-bond donors (Lipinski definition) is 3. The second kappa shape index (κ2) is 7.89. The minimum atomic E-state index is -3.70. The van der Waals surface area contributed by atoms with Crippen LogP contribution in [0.4, 0.5) is 0 Å². The number of nitrogens with one attached hydrogen (secondary N) is 2. The van der Waals surface area contributed by atoms with Gasteiger partial charge in [0.1, 0.15) is 5.82 Å². The molecule has 9 heteroatoms. The van der Waals surface area contributed by atoms with E-state index >= 15 is 0 Å². The first-order valence-electron chi connectivity index (χ1n) is 7.68. The highest BCUT2D eigenvalue weighted by atomic mass is 32.2. The van der Waals surface area contributed by atoms with Crippen LogP contribution in [0.3, 0.4) is 0 Å². The van der Waals surface area contributed by atoms with Crippen LogP contribution in [0.1, 0.15) is 38.9 Å². The molecular weight excluding hydrogens is 318 g/mol. The van der Waals surface area contributed by atoms with Gasteiger partial charge in [-0.15, -0.1) is 0 Å². The van der Waals surface area contributed by atoms with Crippen molar-refractivity contribution in [2.24, 2.45) is 12.8 Å². The van der Waals surface area contributed by atoms with Crippen molar-refractivity contribution in [1.82, 2.24) is 19.6 Å². The smallest absolute Gasteiger partial charge is 0.259 e. The van der Waals surface area contributed by atoms with Crippen molar-refractivity contribution in [1.29, 1.82) is 0 Å². The van der Waals surface area contributed by atoms with Crippen molar-refractivity contribution in [2.75, 3.05) is 13.1 Å². The predicted molar refractivity (Wildman–Crippen MR) is 88.3 cm³/mol. The summed E-state index contributed by atoms with van der Waals surface area (Å²) in [5, 5.41) is 2.70. The lowest BCUT2D eigenvalue weighted by Crippen LogP contribution is -2.49. The van der Waals surface area contributed by atoms with Crippen molar-refractivity contribution in [3.63, 3.8) is 0 Å². The van der Waals surface area contributed by atoms with Crippen molar-refractivity contribution in [2.45, 2.75) is 50.6 Å². The molecule has 0 spiro atoms. The normalized spacial score (nSPS) is 12.4. The Morgan fingerprint density at radius 3 is 2.48 bits per heavy atom. The molecule has 0 aliphatic rings. The lowest BCUT2D eigenvalue weighted by Gasteiger charge is -2.26. The number of aromatic nitrogens is 2. The minimum Gasteiger partial charge on any atom is -0.354 e. The predicted octanol–water partition coefficient (Wildman–Crippen LogP) is 0.0306. The molecule has 0 saturated heterocycles. The monoisotopic (exact) mass is 345 g/mol. The van der Waals surface area contributed by atoms with Crippen molar-refractivity contribution in [3.05, 3.63) is 12.0 Å². The maximum Gasteiger partial charge on any atom is 0.259 e. The van der Waals surface area contributed by atoms with Crippen LogP contribution in [0.15, 0.2) is 11.2 Å². The number of nitrogens with zero attached hydrogens (tertiary/aromatic N) is 2. The molecule has 23 heavy (non-hydrogen) atoms. The summed E-state index contributed by atoms with van der Waals surface area (Å²) >= 11 is 0. The van der Waals surface area contributed by atoms with Crippen LogP contribution in [0.2, 0.25) is 0 Å². The highest BCUT2D eigenvalue weighted by Gasteiger charge is 2.21. The third-order valence-electron chi connectivity index (χ3n) is 4.05. The van der Waals surface area contributed by atoms with Crippen molar-refractivity contribution in [3.8, 4) is 0 Å². The van der Waals surface area contributed by atoms with E-state index in [1.807, 2.05) is 13.8 Å². The van der Waals surface area contributed by atoms with Gasteiger partial charge in [-0.1, -0.05) is 13.8 Å². The maximum atomic E-state index is 12.1. The molecule has 8 nitrogen and oxygen atoms in total. The van der Waals surface area contributed by atoms with Gasteiger partial charge in [-0.2, -0.15) is 0 Å². The Bertz CT molecular complexity index is 615. The summed E-state index contributed by atoms with van der Waals surface area (Å²) in [7, 11) is -1.98. The average Bonchev–Trinajstić information content (AvgIpc) is 2.85. The van der Waals surface area contributed by atoms with Crippen LogP contribution in [0.25, 0.3) is 0 Å². The Balaban J connectivity index is 2.45. The summed E-state index contributed by atoms with van der Waals surface area (Å²) in [5.74, 6) is 0.364. The van der Waals surface area contributed by atoms with Gasteiger partial charge in [0.2, 0.25) is 5.91 Å². The molecule has 0 aliphatic carbocycles. The quantitative estimate of drug-likeness (QED) is 0.583. The number of carbonyl (C=O) groups excluding carboxylic acids is 1. The number of amides is 1. The van der Waals surface area contributed by atoms with Crippen LogP contribution in [0, 0.1) is 6.92 Å². The second-order valence-electron chi connectivity index (χ2n) is 5.73. The van der Waals surface area contributed by atoms with Gasteiger partial charge in [-0.3, -0.25) is 4.79 Å². The highest BCUT2D eigenvalue weighted by molar-refractivity contribution is 7.89. The van der Waals surface area contributed by atoms with Crippen LogP contribution in [0.5, 0.6) is 0 Å². The summed E-state index contributed by atoms with van der Waals surface area (Å²) in [5.41, 5.74) is 5.68. The summed E-state index contributed by atoms with van der Waals surface area (Å²) in [6.07, 6.45) is 3.00. The molecule has 4 N–H and O–H groups in total. The molecular formula is C14H27N5O3S. The highest BCUT2D eigenvalue weighted by Crippen LogP contribution is 2.09. The molecule has 1 heterocycles. The molecule has 0 aromatic carbocycles. The molecule has 1 rings (SSSR count). The zero-order valence-electron chi connectivity index (χ0n) is 14.2. The number of sulfonamides is 1. The van der Waals surface area contributed by atoms with Crippen LogP contribution < -0.4 is 15.8 Å². The molecule has 0 saturated carbocycles. The Morgan fingerprint density at radius 1 is 1.39 bits per heavy atom. The van der Waals surface area contributed by atoms with Crippen molar-refractivity contribution < 1.29 is 13.2 Å². The molecule has 132 valence electrons. The molecule has 0 atom stereocenters. The Kier molecular flexibility index (Phi) is 6.72. The second-order valence-corrected chi connectivity index (χ2v) is 7.45. The van der Waals surface area contributed by atoms with E-state index in [1.54, 1.807) is 18.5 Å². The first kappa shape index (κ1) is 19.6. The van der Waals surface area contributed by atoms with E-state index < -0.39 is 15.6 Å². The van der Waals surface area contributed by atoms with Gasteiger partial charge in [0, 0.05) is 38.3 Å². The standard InChI is InChI=1S/C14H27N5O3S/c1-5-14(15,6-2)10-16-12(20)7-8-17-23(21,22)13-9-19(4)11(3)18-13/h9,17H,5-8,10,15H2,1-4H3,(H,16,20). The molecule has 1 amide bonds. The van der Waals surface area contributed by atoms with Crippen LogP contribution in [-0.2, 0) is 21.9 Å². The molecule has 0 fully saturated rings. The number of nitrogens with two attached hydrogens (primary N) is 1. The summed E-state index contributed by atoms with van der Waals surface area (Å²) in [6.45, 7) is 6.05. The SMILES string of the molecule is CCC(N)(CC)CNC(=O)CCNS(=O)(=O)c1cn(C)c(C)n1. The number of hydrogen-bond acceptors (Lipinski definition) is 5. The maximum absolute atomic E-state index is 12.1. The van der Waals surface area contributed by atoms with E-state index in [0.29, 0.717) is 12.4 Å². The summed E-state index contributed by atoms with van der Waals surface area (Å²) in [4.78, 5) is 15.7. The van der Waals surface area contributed by atoms with Gasteiger partial charge >= 0.3 is 0 Å². The van der Waals surface area contributed by atoms with Crippen molar-refractivity contribution >= 4 is 15.9 Å². The molecule has 1 aromatic heterocycles. The third kappa shape index (κ3) is 5.60. The average molecular weight is 345 g/mol. The van der Waals surface area contributed by atoms with Crippen LogP contribution >= 0.6 is 0 Å². The Hall–Kier alpha value is -1.45. The van der Waals surface area contributed by atoms with Gasteiger partial charge < -0.3 is 15.6 Å². The molecule has 0 bridgehead atoms. The van der Waals surface area contributed by atoms with E-state index in [4.69, 9.17) is 5.73 Å². The Labute approximate surface area is 137 Å². The fourth-order valence-electron chi connectivity index (χ4n) is 1.89. The molecule has 0 unspecified atom stereocenters. The first-order chi connectivity index (χ1) is 10.6. The minimum absolute atomic E-state index is 0.0135. The van der Waals surface area contributed by atoms with E-state index in [-0.39, 0.29) is 23.9 Å². The number of imidazole rings is 1. The van der Waals surface area contributed by atoms with Gasteiger partial charge in [0.15, 0.2) is 5.03 Å². The zero-order chi connectivity index (χ0) is 17.7. The number of carbonyl (C=O) groups is 1. The Morgan fingerprint density at radius 2 is 2.00 bits per heavy atom. The van der Waals surface area contributed by atoms with E-state index in [1.165, 1.54) is 6.20 Å². The van der Waals surface area contributed by atoms with Gasteiger partial charge in [0.05, 0.1) is 0 Å². The van der Waals surface area contributed by atoms with Gasteiger partial charge in [0.25, 0.3) is 10.0 Å². The zero-order valence-corrected chi connectivity index (χ0v) is 15.0. The number of aryl methyl sites for hydroxylation is 2. The molecule has 0 radical (unpaired) electrons. The summed E-state index contributed by atoms with van der Waals surface area (Å²) < 4.78 is 28.1. The fraction of sp³-hybridized carbons (Fsp3) is 0.714. The lowest BCUT2D eigenvalue weighted by molar-refractivity contribution is -0.121. The molecule has 1 aromatic rings. The van der Waals surface area contributed by atoms with Gasteiger partial charge in [-0.25, -0.2) is 18.1 Å². The molecule has 0 aliphatic heterocycles. The topological polar surface area (TPSA) is 119 Å². The van der Waals surface area contributed by atoms with E-state index in [9.17, 15) is 13.2 Å².